The van der Waals surface area contributed by atoms with Crippen LogP contribution in [0.25, 0.3) is 21.3 Å². The van der Waals surface area contributed by atoms with Crippen molar-refractivity contribution in [3.05, 3.63) is 41.4 Å². The highest BCUT2D eigenvalue weighted by Gasteiger charge is 2.27. The average Bonchev–Trinajstić information content (AvgIpc) is 3.28. The molecule has 2 heterocycles. The lowest BCUT2D eigenvalue weighted by atomic mass is 9.90. The normalized spacial score (nSPS) is 22.6. The second kappa shape index (κ2) is 8.87. The van der Waals surface area contributed by atoms with Crippen LogP contribution in [-0.4, -0.2) is 15.9 Å². The lowest BCUT2D eigenvalue weighted by molar-refractivity contribution is 0.443. The van der Waals surface area contributed by atoms with Gasteiger partial charge in [-0.3, -0.25) is 0 Å². The third kappa shape index (κ3) is 3.90. The largest absolute Gasteiger partial charge is 0.245 e. The second-order valence-corrected chi connectivity index (χ2v) is 12.5. The number of hydrogen-bond donors (Lipinski definition) is 0. The molecule has 3 aromatic rings. The molecule has 0 saturated heterocycles. The Morgan fingerprint density at radius 3 is 2.22 bits per heavy atom. The van der Waals surface area contributed by atoms with Gasteiger partial charge in [-0.2, -0.15) is 0 Å². The smallest absolute Gasteiger partial charge is 0.0969 e. The molecule has 1 unspecified atom stereocenters. The molecule has 0 radical (unpaired) electrons. The molecule has 2 aromatic carbocycles. The highest BCUT2D eigenvalue weighted by Crippen LogP contribution is 2.48. The monoisotopic (exact) mass is 460 g/mol. The van der Waals surface area contributed by atoms with Crippen molar-refractivity contribution in [3.63, 3.8) is 0 Å². The minimum atomic E-state index is -0.0819. The molecule has 1 aromatic heterocycles. The Morgan fingerprint density at radius 1 is 0.781 bits per heavy atom. The predicted octanol–water partition coefficient (Wildman–Crippen LogP) is 9.08. The molecule has 166 valence electrons. The first-order chi connectivity index (χ1) is 15.8. The highest BCUT2D eigenvalue weighted by atomic mass is 32.2. The van der Waals surface area contributed by atoms with Crippen LogP contribution in [0.3, 0.4) is 0 Å². The van der Waals surface area contributed by atoms with E-state index in [1.807, 2.05) is 11.3 Å². The van der Waals surface area contributed by atoms with Crippen LogP contribution in [0.5, 0.6) is 0 Å². The maximum absolute atomic E-state index is 5.13. The molecule has 2 nitrogen and oxygen atoms in total. The van der Waals surface area contributed by atoms with Gasteiger partial charge in [0, 0.05) is 16.7 Å². The zero-order chi connectivity index (χ0) is 21.5. The van der Waals surface area contributed by atoms with Crippen molar-refractivity contribution < 1.29 is 0 Å². The highest BCUT2D eigenvalue weighted by molar-refractivity contribution is 8.27. The maximum Gasteiger partial charge on any atom is 0.0969 e. The second-order valence-electron chi connectivity index (χ2n) is 9.78. The van der Waals surface area contributed by atoms with Crippen molar-refractivity contribution in [2.75, 3.05) is 0 Å². The van der Waals surface area contributed by atoms with E-state index in [1.54, 1.807) is 0 Å². The number of aliphatic imine (C=N–C) groups is 1. The summed E-state index contributed by atoms with van der Waals surface area (Å²) in [7, 11) is -0.0819. The Labute approximate surface area is 198 Å². The van der Waals surface area contributed by atoms with Crippen molar-refractivity contribution in [1.82, 2.24) is 4.98 Å². The van der Waals surface area contributed by atoms with Crippen molar-refractivity contribution >= 4 is 48.6 Å². The number of rotatable bonds is 3. The first-order valence-corrected chi connectivity index (χ1v) is 14.6. The predicted molar refractivity (Wildman–Crippen MR) is 142 cm³/mol. The van der Waals surface area contributed by atoms with E-state index in [1.165, 1.54) is 101 Å². The number of benzene rings is 2. The van der Waals surface area contributed by atoms with Crippen LogP contribution in [0.1, 0.15) is 81.6 Å². The minimum absolute atomic E-state index is 0.0819. The summed E-state index contributed by atoms with van der Waals surface area (Å²) < 4.78 is 1.33. The van der Waals surface area contributed by atoms with Gasteiger partial charge in [0.05, 0.1) is 26.0 Å². The van der Waals surface area contributed by atoms with Gasteiger partial charge in [0.15, 0.2) is 0 Å². The van der Waals surface area contributed by atoms with Crippen molar-refractivity contribution in [2.45, 2.75) is 81.4 Å². The van der Waals surface area contributed by atoms with Gasteiger partial charge in [-0.1, -0.05) is 62.9 Å². The zero-order valence-electron chi connectivity index (χ0n) is 18.8. The molecule has 0 bridgehead atoms. The molecule has 4 heteroatoms. The number of nitrogens with zero attached hydrogens (tertiary/aromatic N) is 2. The van der Waals surface area contributed by atoms with Crippen molar-refractivity contribution in [3.8, 4) is 11.1 Å². The molecule has 1 aliphatic heterocycles. The van der Waals surface area contributed by atoms with Crippen LogP contribution in [0.15, 0.2) is 46.3 Å². The summed E-state index contributed by atoms with van der Waals surface area (Å²) in [5.41, 5.74) is 4.82. The SMILES string of the molecule is C=S1C(C2CCCCC2)=Nc2cc(-c3ccc4sc(C5CCCCCC5)nc4c3)ccc21. The molecular weight excluding hydrogens is 428 g/mol. The van der Waals surface area contributed by atoms with Gasteiger partial charge < -0.3 is 0 Å². The fourth-order valence-electron chi connectivity index (χ4n) is 5.75. The quantitative estimate of drug-likeness (QED) is 0.282. The number of fused-ring (bicyclic) bond motifs is 2. The summed E-state index contributed by atoms with van der Waals surface area (Å²) in [4.78, 5) is 11.6. The van der Waals surface area contributed by atoms with Gasteiger partial charge in [-0.25, -0.2) is 9.98 Å². The Morgan fingerprint density at radius 2 is 1.44 bits per heavy atom. The molecule has 2 saturated carbocycles. The van der Waals surface area contributed by atoms with E-state index in [-0.39, 0.29) is 10.5 Å². The van der Waals surface area contributed by atoms with E-state index in [0.29, 0.717) is 11.8 Å². The summed E-state index contributed by atoms with van der Waals surface area (Å²) in [5.74, 6) is 5.84. The van der Waals surface area contributed by atoms with Gasteiger partial charge in [0.25, 0.3) is 0 Å². The lowest BCUT2D eigenvalue weighted by Crippen LogP contribution is -2.14. The van der Waals surface area contributed by atoms with Gasteiger partial charge in [0.2, 0.25) is 0 Å². The fourth-order valence-corrected chi connectivity index (χ4v) is 8.53. The Kier molecular flexibility index (Phi) is 5.77. The first kappa shape index (κ1) is 20.8. The average molecular weight is 461 g/mol. The lowest BCUT2D eigenvalue weighted by Gasteiger charge is -2.22. The van der Waals surface area contributed by atoms with Crippen molar-refractivity contribution in [1.29, 1.82) is 0 Å². The molecule has 0 spiro atoms. The topological polar surface area (TPSA) is 25.2 Å². The van der Waals surface area contributed by atoms with Gasteiger partial charge >= 0.3 is 0 Å². The molecule has 32 heavy (non-hydrogen) atoms. The third-order valence-corrected chi connectivity index (χ3v) is 10.6. The number of aromatic nitrogens is 1. The Hall–Kier alpha value is -1.78. The van der Waals surface area contributed by atoms with E-state index in [4.69, 9.17) is 9.98 Å². The van der Waals surface area contributed by atoms with Crippen LogP contribution in [0.2, 0.25) is 0 Å². The minimum Gasteiger partial charge on any atom is -0.245 e. The molecule has 0 amide bonds. The van der Waals surface area contributed by atoms with Gasteiger partial charge in [-0.05, 0) is 61.1 Å². The number of hydrogen-bond acceptors (Lipinski definition) is 3. The molecule has 0 N–H and O–H groups in total. The summed E-state index contributed by atoms with van der Waals surface area (Å²) >= 11 is 1.91. The fraction of sp³-hybridized carbons (Fsp3) is 0.464. The standard InChI is InChI=1S/C28H32N2S2/c1-32-26-16-14-22(18-24(26)30-28(32)20-11-7-4-8-12-20)21-13-15-25-23(17-21)29-27(31-25)19-9-5-2-3-6-10-19/h13-20H,1-12H2. The van der Waals surface area contributed by atoms with Crippen LogP contribution in [0, 0.1) is 5.92 Å². The molecule has 6 rings (SSSR count). The van der Waals surface area contributed by atoms with E-state index in [2.05, 4.69) is 42.3 Å². The van der Waals surface area contributed by atoms with E-state index < -0.39 is 0 Å². The maximum atomic E-state index is 5.13. The summed E-state index contributed by atoms with van der Waals surface area (Å²) in [5, 5.41) is 2.72. The Bertz CT molecular complexity index is 1190. The van der Waals surface area contributed by atoms with Crippen LogP contribution in [0.4, 0.5) is 5.69 Å². The summed E-state index contributed by atoms with van der Waals surface area (Å²) in [6, 6.07) is 13.7. The van der Waals surface area contributed by atoms with Crippen LogP contribution < -0.4 is 0 Å². The van der Waals surface area contributed by atoms with Crippen LogP contribution in [-0.2, 0) is 0 Å². The molecule has 3 aliphatic rings. The van der Waals surface area contributed by atoms with E-state index in [0.717, 1.165) is 11.2 Å². The summed E-state index contributed by atoms with van der Waals surface area (Å²) in [6.07, 6.45) is 14.8. The van der Waals surface area contributed by atoms with E-state index >= 15 is 0 Å². The third-order valence-electron chi connectivity index (χ3n) is 7.60. The van der Waals surface area contributed by atoms with Gasteiger partial charge in [0.1, 0.15) is 0 Å². The van der Waals surface area contributed by atoms with Gasteiger partial charge in [-0.15, -0.1) is 21.8 Å². The molecule has 1 atom stereocenters. The summed E-state index contributed by atoms with van der Waals surface area (Å²) in [6.45, 7) is 0. The zero-order valence-corrected chi connectivity index (χ0v) is 20.4. The number of thiazole rings is 1. The molecule has 2 fully saturated rings. The van der Waals surface area contributed by atoms with Crippen LogP contribution >= 0.6 is 21.8 Å². The van der Waals surface area contributed by atoms with E-state index in [9.17, 15) is 0 Å². The Balaban J connectivity index is 1.30. The first-order valence-electron chi connectivity index (χ1n) is 12.4. The van der Waals surface area contributed by atoms with Crippen molar-refractivity contribution in [2.24, 2.45) is 10.9 Å². The molecule has 2 aliphatic carbocycles. The molecular formula is C28H32N2S2.